The molecule has 78 valence electrons. The number of hydrogen-bond acceptors (Lipinski definition) is 0. The van der Waals surface area contributed by atoms with Gasteiger partial charge in [-0.3, -0.25) is 0 Å². The molecule has 1 unspecified atom stereocenters. The summed E-state index contributed by atoms with van der Waals surface area (Å²) in [5.41, 5.74) is 1.77. The van der Waals surface area contributed by atoms with Crippen LogP contribution in [0, 0.1) is 0 Å². The van der Waals surface area contributed by atoms with Gasteiger partial charge in [-0.2, -0.15) is 0 Å². The van der Waals surface area contributed by atoms with Gasteiger partial charge in [-0.1, -0.05) is 53.5 Å². The van der Waals surface area contributed by atoms with E-state index in [1.54, 1.807) is 6.08 Å². The summed E-state index contributed by atoms with van der Waals surface area (Å²) >= 11 is 11.4. The fourth-order valence-electron chi connectivity index (χ4n) is 1.60. The van der Waals surface area contributed by atoms with E-state index < -0.39 is 5.13 Å². The van der Waals surface area contributed by atoms with Gasteiger partial charge in [0.2, 0.25) is 5.13 Å². The summed E-state index contributed by atoms with van der Waals surface area (Å²) < 4.78 is 13.6. The van der Waals surface area contributed by atoms with Crippen molar-refractivity contribution in [1.82, 2.24) is 0 Å². The van der Waals surface area contributed by atoms with E-state index in [1.807, 2.05) is 30.3 Å². The van der Waals surface area contributed by atoms with Crippen molar-refractivity contribution in [3.05, 3.63) is 53.1 Å². The van der Waals surface area contributed by atoms with Crippen LogP contribution in [0.5, 0.6) is 0 Å². The monoisotopic (exact) mass is 242 g/mol. The highest BCUT2D eigenvalue weighted by molar-refractivity contribution is 6.34. The maximum atomic E-state index is 13.6. The first-order valence-electron chi connectivity index (χ1n) is 4.59. The zero-order valence-electron chi connectivity index (χ0n) is 7.88. The molecule has 3 heteroatoms. The summed E-state index contributed by atoms with van der Waals surface area (Å²) in [4.78, 5) is 0. The fraction of sp³-hybridized carbons (Fsp3) is 0.167. The molecule has 1 aliphatic rings. The molecule has 0 aliphatic heterocycles. The molecule has 0 heterocycles. The Bertz CT molecular complexity index is 419. The van der Waals surface area contributed by atoms with Crippen LogP contribution in [0.25, 0.3) is 5.57 Å². The highest BCUT2D eigenvalue weighted by Crippen LogP contribution is 2.38. The molecule has 0 amide bonds. The van der Waals surface area contributed by atoms with Gasteiger partial charge in [-0.05, 0) is 23.3 Å². The second kappa shape index (κ2) is 3.99. The second-order valence-electron chi connectivity index (χ2n) is 3.50. The third-order valence-corrected chi connectivity index (χ3v) is 2.69. The van der Waals surface area contributed by atoms with Crippen molar-refractivity contribution >= 4 is 28.8 Å². The van der Waals surface area contributed by atoms with E-state index in [2.05, 4.69) is 0 Å². The van der Waals surface area contributed by atoms with Gasteiger partial charge in [0, 0.05) is 11.5 Å². The van der Waals surface area contributed by atoms with Crippen molar-refractivity contribution in [2.45, 2.75) is 11.5 Å². The number of benzene rings is 1. The van der Waals surface area contributed by atoms with Gasteiger partial charge in [0.05, 0.1) is 0 Å². The van der Waals surface area contributed by atoms with Crippen LogP contribution in [0.15, 0.2) is 47.5 Å². The molecule has 15 heavy (non-hydrogen) atoms. The summed E-state index contributed by atoms with van der Waals surface area (Å²) in [6, 6.07) is 9.53. The molecule has 0 bridgehead atoms. The minimum atomic E-state index is -1.86. The molecule has 0 aromatic heterocycles. The van der Waals surface area contributed by atoms with Crippen LogP contribution in [0.3, 0.4) is 0 Å². The van der Waals surface area contributed by atoms with E-state index in [9.17, 15) is 4.39 Å². The molecule has 1 aliphatic carbocycles. The summed E-state index contributed by atoms with van der Waals surface area (Å²) in [6.07, 6.45) is 3.12. The Morgan fingerprint density at radius 3 is 2.47 bits per heavy atom. The first kappa shape index (κ1) is 10.7. The minimum absolute atomic E-state index is 0.148. The molecule has 2 rings (SSSR count). The minimum Gasteiger partial charge on any atom is -0.221 e. The number of allylic oxidation sites excluding steroid dienone is 4. The van der Waals surface area contributed by atoms with Crippen molar-refractivity contribution in [1.29, 1.82) is 0 Å². The second-order valence-corrected chi connectivity index (χ2v) is 4.57. The predicted octanol–water partition coefficient (Wildman–Crippen LogP) is 4.50. The van der Waals surface area contributed by atoms with Crippen LogP contribution in [0.4, 0.5) is 4.39 Å². The molecule has 0 fully saturated rings. The number of rotatable bonds is 1. The Morgan fingerprint density at radius 1 is 1.20 bits per heavy atom. The Balaban J connectivity index is 2.37. The number of halogens is 3. The van der Waals surface area contributed by atoms with Crippen LogP contribution in [0.1, 0.15) is 12.0 Å². The van der Waals surface area contributed by atoms with Gasteiger partial charge in [-0.25, -0.2) is 4.39 Å². The Kier molecular flexibility index (Phi) is 2.85. The maximum absolute atomic E-state index is 13.6. The summed E-state index contributed by atoms with van der Waals surface area (Å²) in [7, 11) is 0. The lowest BCUT2D eigenvalue weighted by atomic mass is 9.96. The molecule has 0 spiro atoms. The Morgan fingerprint density at radius 2 is 1.87 bits per heavy atom. The molecular formula is C12H9Cl2F. The largest absolute Gasteiger partial charge is 0.221 e. The topological polar surface area (TPSA) is 0 Å². The van der Waals surface area contributed by atoms with Crippen LogP contribution in [-0.2, 0) is 0 Å². The lowest BCUT2D eigenvalue weighted by molar-refractivity contribution is 0.351. The zero-order chi connectivity index (χ0) is 10.9. The van der Waals surface area contributed by atoms with Crippen molar-refractivity contribution < 1.29 is 4.39 Å². The molecule has 1 aromatic rings. The van der Waals surface area contributed by atoms with Crippen molar-refractivity contribution in [3.8, 4) is 0 Å². The van der Waals surface area contributed by atoms with Crippen LogP contribution in [0.2, 0.25) is 0 Å². The van der Waals surface area contributed by atoms with Crippen molar-refractivity contribution in [2.75, 3.05) is 0 Å². The standard InChI is InChI=1S/C12H9Cl2F/c13-11-6-10(7-12(14,15)8-11)9-4-2-1-3-5-9/h1-6,8H,7H2. The Hall–Kier alpha value is -0.790. The first-order valence-corrected chi connectivity index (χ1v) is 5.35. The third-order valence-electron chi connectivity index (χ3n) is 2.23. The molecule has 0 saturated carbocycles. The highest BCUT2D eigenvalue weighted by Gasteiger charge is 2.29. The average molecular weight is 243 g/mol. The van der Waals surface area contributed by atoms with Crippen LogP contribution in [-0.4, -0.2) is 5.13 Å². The van der Waals surface area contributed by atoms with E-state index in [-0.39, 0.29) is 6.42 Å². The molecule has 1 atom stereocenters. The van der Waals surface area contributed by atoms with E-state index in [0.717, 1.165) is 11.1 Å². The zero-order valence-corrected chi connectivity index (χ0v) is 9.39. The van der Waals surface area contributed by atoms with Gasteiger partial charge in [0.25, 0.3) is 0 Å². The highest BCUT2D eigenvalue weighted by atomic mass is 35.5. The number of alkyl halides is 2. The normalized spacial score (nSPS) is 25.8. The maximum Gasteiger partial charge on any atom is 0.207 e. The SMILES string of the molecule is FC1(Cl)C=C(Cl)C=C(c2ccccc2)C1. The average Bonchev–Trinajstić information content (AvgIpc) is 2.16. The molecule has 0 saturated heterocycles. The predicted molar refractivity (Wildman–Crippen MR) is 62.7 cm³/mol. The molecule has 0 radical (unpaired) electrons. The summed E-state index contributed by atoms with van der Waals surface area (Å²) in [5, 5.41) is -1.52. The van der Waals surface area contributed by atoms with Gasteiger partial charge in [0.1, 0.15) is 0 Å². The smallest absolute Gasteiger partial charge is 0.207 e. The van der Waals surface area contributed by atoms with Gasteiger partial charge in [0.15, 0.2) is 0 Å². The molecule has 1 aromatic carbocycles. The summed E-state index contributed by atoms with van der Waals surface area (Å²) in [5.74, 6) is 0. The fourth-order valence-corrected chi connectivity index (χ4v) is 2.23. The summed E-state index contributed by atoms with van der Waals surface area (Å²) in [6.45, 7) is 0. The lowest BCUT2D eigenvalue weighted by Gasteiger charge is -2.20. The third kappa shape index (κ3) is 2.61. The first-order chi connectivity index (χ1) is 7.07. The Labute approximate surface area is 98.0 Å². The van der Waals surface area contributed by atoms with E-state index in [1.165, 1.54) is 6.08 Å². The van der Waals surface area contributed by atoms with Crippen LogP contribution < -0.4 is 0 Å². The van der Waals surface area contributed by atoms with Crippen molar-refractivity contribution in [3.63, 3.8) is 0 Å². The van der Waals surface area contributed by atoms with Crippen molar-refractivity contribution in [2.24, 2.45) is 0 Å². The van der Waals surface area contributed by atoms with Gasteiger partial charge >= 0.3 is 0 Å². The van der Waals surface area contributed by atoms with E-state index >= 15 is 0 Å². The molecule has 0 N–H and O–H groups in total. The van der Waals surface area contributed by atoms with Gasteiger partial charge in [-0.15, -0.1) is 0 Å². The van der Waals surface area contributed by atoms with E-state index in [0.29, 0.717) is 5.03 Å². The molecule has 0 nitrogen and oxygen atoms in total. The van der Waals surface area contributed by atoms with E-state index in [4.69, 9.17) is 23.2 Å². The molecular weight excluding hydrogens is 234 g/mol. The quantitative estimate of drug-likeness (QED) is 0.637. The van der Waals surface area contributed by atoms with Crippen LogP contribution >= 0.6 is 23.2 Å². The number of hydrogen-bond donors (Lipinski definition) is 0. The van der Waals surface area contributed by atoms with Gasteiger partial charge < -0.3 is 0 Å². The lowest BCUT2D eigenvalue weighted by Crippen LogP contribution is -2.14.